The van der Waals surface area contributed by atoms with E-state index in [1.807, 2.05) is 6.08 Å². The summed E-state index contributed by atoms with van der Waals surface area (Å²) in [5, 5.41) is 54.4. The summed E-state index contributed by atoms with van der Waals surface area (Å²) in [6.45, 7) is 3.76. The summed E-state index contributed by atoms with van der Waals surface area (Å²) in [6.07, 6.45) is 57.6. The average molecular weight is 961 g/mol. The monoisotopic (exact) mass is 960 g/mol. The highest BCUT2D eigenvalue weighted by Crippen LogP contribution is 2.23. The van der Waals surface area contributed by atoms with Crippen LogP contribution in [0.25, 0.3) is 0 Å². The van der Waals surface area contributed by atoms with Crippen LogP contribution >= 0.6 is 0 Å². The summed E-state index contributed by atoms with van der Waals surface area (Å²) >= 11 is 0. The van der Waals surface area contributed by atoms with Crippen LogP contribution in [0.1, 0.15) is 264 Å². The number of nitrogens with one attached hydrogen (secondary N) is 1. The molecule has 0 bridgehead atoms. The SMILES string of the molecule is CCCCCCCC/C=C/CC/C=C/CC/C=C/C(O)C(COC1OC(CO)C(O)C(O)C1O)NC(=O)CCCCCCCCCCCCCCCCCCC/C=C\CCCCCCCCCC. The summed E-state index contributed by atoms with van der Waals surface area (Å²) < 4.78 is 11.2. The van der Waals surface area contributed by atoms with Crippen LogP contribution in [-0.4, -0.2) is 87.5 Å². The Bertz CT molecular complexity index is 1210. The average Bonchev–Trinajstić information content (AvgIpc) is 3.34. The van der Waals surface area contributed by atoms with Gasteiger partial charge >= 0.3 is 0 Å². The normalized spacial score (nSPS) is 19.9. The van der Waals surface area contributed by atoms with Crippen molar-refractivity contribution in [3.05, 3.63) is 48.6 Å². The first-order valence-electron chi connectivity index (χ1n) is 28.9. The highest BCUT2D eigenvalue weighted by Gasteiger charge is 2.44. The third-order valence-corrected chi connectivity index (χ3v) is 13.6. The minimum absolute atomic E-state index is 0.188. The van der Waals surface area contributed by atoms with Crippen molar-refractivity contribution in [3.63, 3.8) is 0 Å². The number of carbonyl (C=O) groups excluding carboxylic acids is 1. The van der Waals surface area contributed by atoms with E-state index < -0.39 is 49.5 Å². The second-order valence-corrected chi connectivity index (χ2v) is 20.1. The summed E-state index contributed by atoms with van der Waals surface area (Å²) in [5.41, 5.74) is 0. The molecule has 1 aliphatic heterocycles. The van der Waals surface area contributed by atoms with Crippen LogP contribution in [-0.2, 0) is 14.3 Å². The van der Waals surface area contributed by atoms with Crippen molar-refractivity contribution < 1.29 is 39.8 Å². The third-order valence-electron chi connectivity index (χ3n) is 13.6. The van der Waals surface area contributed by atoms with Gasteiger partial charge < -0.3 is 40.3 Å². The molecule has 68 heavy (non-hydrogen) atoms. The van der Waals surface area contributed by atoms with E-state index in [1.165, 1.54) is 193 Å². The summed E-state index contributed by atoms with van der Waals surface area (Å²) in [6, 6.07) is -0.827. The molecule has 0 aliphatic carbocycles. The fourth-order valence-electron chi connectivity index (χ4n) is 9.01. The first-order chi connectivity index (χ1) is 33.3. The molecule has 1 aliphatic rings. The molecular weight excluding hydrogens is 851 g/mol. The molecule has 9 heteroatoms. The standard InChI is InChI=1S/C59H109NO8/c1-3-5-7-9-11-13-15-17-19-21-22-23-24-25-26-27-28-29-30-31-32-33-35-37-39-41-43-45-47-49-55(63)60-52(51-67-59-58(66)57(65)56(64)54(50-61)68-59)53(62)48-46-44-42-40-38-36-34-20-18-16-14-12-10-8-6-4-2/h18,20-22,38,40,46,48,52-54,56-59,61-62,64-66H,3-17,19,23-37,39,41-45,47,49-51H2,1-2H3,(H,60,63)/b20-18+,22-21-,40-38+,48-46+. The summed E-state index contributed by atoms with van der Waals surface area (Å²) in [5.74, 6) is -0.188. The fourth-order valence-corrected chi connectivity index (χ4v) is 9.01. The molecule has 0 radical (unpaired) electrons. The van der Waals surface area contributed by atoms with Gasteiger partial charge in [-0.2, -0.15) is 0 Å². The number of aliphatic hydroxyl groups excluding tert-OH is 5. The molecule has 9 nitrogen and oxygen atoms in total. The van der Waals surface area contributed by atoms with Gasteiger partial charge in [-0.05, 0) is 70.6 Å². The molecule has 1 rings (SSSR count). The van der Waals surface area contributed by atoms with Gasteiger partial charge in [0, 0.05) is 6.42 Å². The fraction of sp³-hybridized carbons (Fsp3) is 0.847. The molecule has 7 atom stereocenters. The van der Waals surface area contributed by atoms with E-state index >= 15 is 0 Å². The Morgan fingerprint density at radius 3 is 1.24 bits per heavy atom. The van der Waals surface area contributed by atoms with Gasteiger partial charge in [0.15, 0.2) is 6.29 Å². The van der Waals surface area contributed by atoms with Crippen LogP contribution in [0.3, 0.4) is 0 Å². The number of allylic oxidation sites excluding steroid dienone is 7. The summed E-state index contributed by atoms with van der Waals surface area (Å²) in [7, 11) is 0. The van der Waals surface area contributed by atoms with Gasteiger partial charge in [0.05, 0.1) is 25.4 Å². The first kappa shape index (κ1) is 64.2. The molecule has 7 unspecified atom stereocenters. The molecule has 6 N–H and O–H groups in total. The predicted octanol–water partition coefficient (Wildman–Crippen LogP) is 14.1. The molecule has 0 aromatic heterocycles. The lowest BCUT2D eigenvalue weighted by Gasteiger charge is -2.40. The minimum atomic E-state index is -1.57. The van der Waals surface area contributed by atoms with Crippen LogP contribution in [0, 0.1) is 0 Å². The zero-order valence-electron chi connectivity index (χ0n) is 44.1. The quantitative estimate of drug-likeness (QED) is 0.0261. The van der Waals surface area contributed by atoms with Gasteiger partial charge in [-0.1, -0.05) is 236 Å². The molecule has 0 aromatic rings. The van der Waals surface area contributed by atoms with Crippen molar-refractivity contribution in [2.75, 3.05) is 13.2 Å². The predicted molar refractivity (Wildman–Crippen MR) is 286 cm³/mol. The zero-order chi connectivity index (χ0) is 49.4. The van der Waals surface area contributed by atoms with E-state index in [4.69, 9.17) is 9.47 Å². The lowest BCUT2D eigenvalue weighted by molar-refractivity contribution is -0.302. The Balaban J connectivity index is 2.19. The first-order valence-corrected chi connectivity index (χ1v) is 28.9. The Hall–Kier alpha value is -1.85. The maximum Gasteiger partial charge on any atom is 0.220 e. The molecule has 0 spiro atoms. The van der Waals surface area contributed by atoms with Crippen molar-refractivity contribution in [2.45, 2.75) is 307 Å². The maximum atomic E-state index is 13.0. The van der Waals surface area contributed by atoms with Gasteiger partial charge in [0.1, 0.15) is 24.4 Å². The summed E-state index contributed by atoms with van der Waals surface area (Å²) in [4.78, 5) is 13.0. The van der Waals surface area contributed by atoms with Crippen molar-refractivity contribution in [1.29, 1.82) is 0 Å². The number of aliphatic hydroxyl groups is 5. The lowest BCUT2D eigenvalue weighted by Crippen LogP contribution is -2.60. The number of unbranched alkanes of at least 4 members (excludes halogenated alkanes) is 33. The third kappa shape index (κ3) is 37.9. The molecule has 1 saturated heterocycles. The molecule has 1 amide bonds. The second-order valence-electron chi connectivity index (χ2n) is 20.1. The van der Waals surface area contributed by atoms with E-state index in [0.29, 0.717) is 6.42 Å². The number of amides is 1. The Kier molecular flexibility index (Phi) is 46.0. The van der Waals surface area contributed by atoms with E-state index in [1.54, 1.807) is 6.08 Å². The van der Waals surface area contributed by atoms with Gasteiger partial charge in [0.25, 0.3) is 0 Å². The van der Waals surface area contributed by atoms with Crippen LogP contribution < -0.4 is 5.32 Å². The molecular formula is C59H109NO8. The highest BCUT2D eigenvalue weighted by molar-refractivity contribution is 5.76. The lowest BCUT2D eigenvalue weighted by atomic mass is 9.99. The number of ether oxygens (including phenoxy) is 2. The Morgan fingerprint density at radius 2 is 0.838 bits per heavy atom. The Labute approximate surface area is 418 Å². The maximum absolute atomic E-state index is 13.0. The van der Waals surface area contributed by atoms with E-state index in [-0.39, 0.29) is 12.5 Å². The van der Waals surface area contributed by atoms with Gasteiger partial charge in [-0.25, -0.2) is 0 Å². The van der Waals surface area contributed by atoms with Gasteiger partial charge in [-0.15, -0.1) is 0 Å². The molecule has 398 valence electrons. The zero-order valence-corrected chi connectivity index (χ0v) is 44.1. The van der Waals surface area contributed by atoms with Crippen LogP contribution in [0.15, 0.2) is 48.6 Å². The largest absolute Gasteiger partial charge is 0.394 e. The van der Waals surface area contributed by atoms with Crippen LogP contribution in [0.4, 0.5) is 0 Å². The van der Waals surface area contributed by atoms with Gasteiger partial charge in [0.2, 0.25) is 5.91 Å². The minimum Gasteiger partial charge on any atom is -0.394 e. The van der Waals surface area contributed by atoms with Crippen LogP contribution in [0.2, 0.25) is 0 Å². The highest BCUT2D eigenvalue weighted by atomic mass is 16.7. The topological polar surface area (TPSA) is 149 Å². The second kappa shape index (κ2) is 48.8. The van der Waals surface area contributed by atoms with E-state index in [2.05, 4.69) is 55.6 Å². The molecule has 1 heterocycles. The number of rotatable bonds is 49. The Morgan fingerprint density at radius 1 is 0.485 bits per heavy atom. The number of hydrogen-bond acceptors (Lipinski definition) is 8. The van der Waals surface area contributed by atoms with Crippen molar-refractivity contribution in [2.24, 2.45) is 0 Å². The number of carbonyl (C=O) groups is 1. The van der Waals surface area contributed by atoms with E-state index in [0.717, 1.165) is 51.4 Å². The van der Waals surface area contributed by atoms with Gasteiger partial charge in [-0.3, -0.25) is 4.79 Å². The van der Waals surface area contributed by atoms with E-state index in [9.17, 15) is 30.3 Å². The molecule has 1 fully saturated rings. The smallest absolute Gasteiger partial charge is 0.220 e. The van der Waals surface area contributed by atoms with Crippen LogP contribution in [0.5, 0.6) is 0 Å². The molecule has 0 aromatic carbocycles. The number of hydrogen-bond donors (Lipinski definition) is 6. The van der Waals surface area contributed by atoms with Crippen molar-refractivity contribution in [3.8, 4) is 0 Å². The molecule has 0 saturated carbocycles. The van der Waals surface area contributed by atoms with Crippen molar-refractivity contribution >= 4 is 5.91 Å². The van der Waals surface area contributed by atoms with Crippen molar-refractivity contribution in [1.82, 2.24) is 5.32 Å².